The molecule has 5 heteroatoms. The molecule has 1 saturated heterocycles. The maximum absolute atomic E-state index is 10.4. The average molecular weight is 229 g/mol. The van der Waals surface area contributed by atoms with E-state index in [1.807, 2.05) is 0 Å². The lowest BCUT2D eigenvalue weighted by Gasteiger charge is -2.22. The summed E-state index contributed by atoms with van der Waals surface area (Å²) in [6.45, 7) is 3.44. The first kappa shape index (κ1) is 12.2. The lowest BCUT2D eigenvalue weighted by atomic mass is 10.1. The fourth-order valence-corrected chi connectivity index (χ4v) is 1.53. The first-order chi connectivity index (χ1) is 7.00. The zero-order valence-electron chi connectivity index (χ0n) is 8.55. The van der Waals surface area contributed by atoms with Crippen LogP contribution in [0.3, 0.4) is 0 Å². The number of benzene rings is 1. The molecule has 1 fully saturated rings. The number of hydrogen-bond acceptors (Lipinski definition) is 3. The smallest absolute Gasteiger partial charge is 0.294 e. The molecular formula is C10H15NO3S. The molecule has 1 heterocycles. The maximum Gasteiger partial charge on any atom is 0.294 e. The SMILES string of the molecule is CC1CCN1.O=S(=O)(O)c1ccccc1. The summed E-state index contributed by atoms with van der Waals surface area (Å²) >= 11 is 0. The summed E-state index contributed by atoms with van der Waals surface area (Å²) in [6, 6.07) is 8.24. The van der Waals surface area contributed by atoms with Crippen LogP contribution in [0.25, 0.3) is 0 Å². The molecule has 1 unspecified atom stereocenters. The van der Waals surface area contributed by atoms with Crippen LogP contribution >= 0.6 is 0 Å². The molecular weight excluding hydrogens is 214 g/mol. The predicted molar refractivity (Wildman–Crippen MR) is 58.3 cm³/mol. The largest absolute Gasteiger partial charge is 0.314 e. The van der Waals surface area contributed by atoms with Crippen molar-refractivity contribution in [2.24, 2.45) is 0 Å². The quantitative estimate of drug-likeness (QED) is 0.712. The van der Waals surface area contributed by atoms with Gasteiger partial charge in [0.2, 0.25) is 0 Å². The highest BCUT2D eigenvalue weighted by Gasteiger charge is 2.07. The Labute approximate surface area is 90.1 Å². The highest BCUT2D eigenvalue weighted by atomic mass is 32.2. The van der Waals surface area contributed by atoms with Crippen LogP contribution in [0.1, 0.15) is 13.3 Å². The van der Waals surface area contributed by atoms with E-state index in [1.54, 1.807) is 18.2 Å². The van der Waals surface area contributed by atoms with Crippen molar-refractivity contribution in [1.29, 1.82) is 0 Å². The maximum atomic E-state index is 10.4. The van der Waals surface area contributed by atoms with Crippen molar-refractivity contribution in [3.8, 4) is 0 Å². The summed E-state index contributed by atoms with van der Waals surface area (Å²) in [5.74, 6) is 0. The molecule has 0 saturated carbocycles. The fraction of sp³-hybridized carbons (Fsp3) is 0.400. The van der Waals surface area contributed by atoms with Crippen LogP contribution in [-0.2, 0) is 10.1 Å². The Morgan fingerprint density at radius 2 is 1.80 bits per heavy atom. The minimum atomic E-state index is -4.00. The molecule has 0 aromatic heterocycles. The van der Waals surface area contributed by atoms with Crippen molar-refractivity contribution < 1.29 is 13.0 Å². The van der Waals surface area contributed by atoms with Gasteiger partial charge in [0.15, 0.2) is 0 Å². The van der Waals surface area contributed by atoms with E-state index >= 15 is 0 Å². The van der Waals surface area contributed by atoms with E-state index in [4.69, 9.17) is 4.55 Å². The van der Waals surface area contributed by atoms with Crippen LogP contribution in [0.15, 0.2) is 35.2 Å². The molecule has 2 rings (SSSR count). The summed E-state index contributed by atoms with van der Waals surface area (Å²) in [7, 11) is -4.00. The highest BCUT2D eigenvalue weighted by molar-refractivity contribution is 7.85. The summed E-state index contributed by atoms with van der Waals surface area (Å²) in [5.41, 5.74) is 0. The highest BCUT2D eigenvalue weighted by Crippen LogP contribution is 2.05. The van der Waals surface area contributed by atoms with Gasteiger partial charge in [0.05, 0.1) is 4.90 Å². The van der Waals surface area contributed by atoms with Crippen LogP contribution < -0.4 is 5.32 Å². The minimum absolute atomic E-state index is 0.0741. The monoisotopic (exact) mass is 229 g/mol. The van der Waals surface area contributed by atoms with Crippen LogP contribution in [0.5, 0.6) is 0 Å². The summed E-state index contributed by atoms with van der Waals surface area (Å²) in [5, 5.41) is 3.21. The predicted octanol–water partition coefficient (Wildman–Crippen LogP) is 1.30. The summed E-state index contributed by atoms with van der Waals surface area (Å²) in [4.78, 5) is -0.0741. The minimum Gasteiger partial charge on any atom is -0.314 e. The normalized spacial score (nSPS) is 19.7. The van der Waals surface area contributed by atoms with E-state index in [9.17, 15) is 8.42 Å². The van der Waals surface area contributed by atoms with Gasteiger partial charge in [0, 0.05) is 6.04 Å². The van der Waals surface area contributed by atoms with Crippen molar-refractivity contribution in [1.82, 2.24) is 5.32 Å². The van der Waals surface area contributed by atoms with Crippen LogP contribution in [0.4, 0.5) is 0 Å². The van der Waals surface area contributed by atoms with Gasteiger partial charge >= 0.3 is 0 Å². The van der Waals surface area contributed by atoms with E-state index in [1.165, 1.54) is 25.1 Å². The topological polar surface area (TPSA) is 66.4 Å². The van der Waals surface area contributed by atoms with Crippen molar-refractivity contribution in [3.63, 3.8) is 0 Å². The van der Waals surface area contributed by atoms with Gasteiger partial charge < -0.3 is 5.32 Å². The third kappa shape index (κ3) is 4.42. The number of nitrogens with one attached hydrogen (secondary N) is 1. The van der Waals surface area contributed by atoms with Gasteiger partial charge in [0.25, 0.3) is 10.1 Å². The Morgan fingerprint density at radius 3 is 2.00 bits per heavy atom. The molecule has 1 aromatic rings. The number of rotatable bonds is 1. The third-order valence-corrected chi connectivity index (χ3v) is 2.98. The van der Waals surface area contributed by atoms with Gasteiger partial charge in [-0.3, -0.25) is 4.55 Å². The van der Waals surface area contributed by atoms with Gasteiger partial charge in [0.1, 0.15) is 0 Å². The Hall–Kier alpha value is -0.910. The van der Waals surface area contributed by atoms with E-state index in [2.05, 4.69) is 12.2 Å². The molecule has 1 aliphatic rings. The van der Waals surface area contributed by atoms with Gasteiger partial charge in [-0.15, -0.1) is 0 Å². The molecule has 0 amide bonds. The lowest BCUT2D eigenvalue weighted by molar-refractivity contribution is 0.399. The second kappa shape index (κ2) is 5.25. The van der Waals surface area contributed by atoms with Crippen LogP contribution in [-0.4, -0.2) is 25.6 Å². The van der Waals surface area contributed by atoms with E-state index in [0.717, 1.165) is 6.04 Å². The molecule has 1 aromatic carbocycles. The van der Waals surface area contributed by atoms with Crippen molar-refractivity contribution in [2.75, 3.05) is 6.54 Å². The molecule has 2 N–H and O–H groups in total. The fourth-order valence-electron chi connectivity index (χ4n) is 1.03. The van der Waals surface area contributed by atoms with E-state index < -0.39 is 10.1 Å². The van der Waals surface area contributed by atoms with Crippen molar-refractivity contribution in [3.05, 3.63) is 30.3 Å². The Bertz CT molecular complexity index is 384. The summed E-state index contributed by atoms with van der Waals surface area (Å²) in [6.07, 6.45) is 1.38. The van der Waals surface area contributed by atoms with Gasteiger partial charge in [-0.25, -0.2) is 0 Å². The molecule has 0 spiro atoms. The van der Waals surface area contributed by atoms with Crippen LogP contribution in [0, 0.1) is 0 Å². The molecule has 0 radical (unpaired) electrons. The van der Waals surface area contributed by atoms with Gasteiger partial charge in [-0.2, -0.15) is 8.42 Å². The first-order valence-electron chi connectivity index (χ1n) is 4.76. The first-order valence-corrected chi connectivity index (χ1v) is 6.20. The molecule has 15 heavy (non-hydrogen) atoms. The van der Waals surface area contributed by atoms with Crippen molar-refractivity contribution >= 4 is 10.1 Å². The Balaban J connectivity index is 0.000000187. The molecule has 4 nitrogen and oxygen atoms in total. The zero-order valence-corrected chi connectivity index (χ0v) is 9.37. The van der Waals surface area contributed by atoms with Crippen molar-refractivity contribution in [2.45, 2.75) is 24.3 Å². The Kier molecular flexibility index (Phi) is 4.26. The summed E-state index contributed by atoms with van der Waals surface area (Å²) < 4.78 is 29.2. The molecule has 0 bridgehead atoms. The van der Waals surface area contributed by atoms with Crippen LogP contribution in [0.2, 0.25) is 0 Å². The molecule has 0 aliphatic carbocycles. The molecule has 1 atom stereocenters. The van der Waals surface area contributed by atoms with Gasteiger partial charge in [-0.1, -0.05) is 18.2 Å². The number of hydrogen-bond donors (Lipinski definition) is 2. The average Bonchev–Trinajstić information content (AvgIpc) is 2.16. The van der Waals surface area contributed by atoms with E-state index in [-0.39, 0.29) is 4.90 Å². The zero-order chi connectivity index (χ0) is 11.3. The Morgan fingerprint density at radius 1 is 1.33 bits per heavy atom. The standard InChI is InChI=1S/C6H6O3S.C4H9N/c7-10(8,9)6-4-2-1-3-5-6;1-4-2-3-5-4/h1-5H,(H,7,8,9);4-5H,2-3H2,1H3. The molecule has 84 valence electrons. The lowest BCUT2D eigenvalue weighted by Crippen LogP contribution is -2.39. The van der Waals surface area contributed by atoms with E-state index in [0.29, 0.717) is 0 Å². The van der Waals surface area contributed by atoms with Gasteiger partial charge in [-0.05, 0) is 32.0 Å². The third-order valence-electron chi connectivity index (χ3n) is 2.11. The second-order valence-electron chi connectivity index (χ2n) is 3.43. The second-order valence-corrected chi connectivity index (χ2v) is 4.85. The molecule has 1 aliphatic heterocycles.